The maximum Gasteiger partial charge on any atom is 0.158 e. The van der Waals surface area contributed by atoms with E-state index in [-0.39, 0.29) is 0 Å². The van der Waals surface area contributed by atoms with Crippen LogP contribution in [-0.2, 0) is 0 Å². The average Bonchev–Trinajstić information content (AvgIpc) is 3.59. The lowest BCUT2D eigenvalue weighted by Crippen LogP contribution is -1.90. The highest BCUT2D eigenvalue weighted by molar-refractivity contribution is 6.24. The van der Waals surface area contributed by atoms with Crippen LogP contribution in [0, 0.1) is 0 Å². The number of hydrogen-bond acceptors (Lipinski definition) is 2. The molecule has 10 rings (SSSR count). The van der Waals surface area contributed by atoms with Crippen LogP contribution in [0.25, 0.3) is 87.6 Å². The molecule has 9 aromatic carbocycles. The quantitative estimate of drug-likeness (QED) is 0.203. The summed E-state index contributed by atoms with van der Waals surface area (Å²) in [7, 11) is 0. The van der Waals surface area contributed by atoms with E-state index in [0.29, 0.717) is 0 Å². The zero-order valence-electron chi connectivity index (χ0n) is 27.2. The van der Waals surface area contributed by atoms with Crippen LogP contribution in [0.4, 0.5) is 11.4 Å². The van der Waals surface area contributed by atoms with Gasteiger partial charge in [-0.3, -0.25) is 0 Å². The second-order valence-electron chi connectivity index (χ2n) is 13.0. The smallest absolute Gasteiger partial charge is 0.158 e. The molecule has 0 saturated carbocycles. The first-order valence-corrected chi connectivity index (χ1v) is 17.1. The van der Waals surface area contributed by atoms with E-state index in [1.807, 2.05) is 0 Å². The van der Waals surface area contributed by atoms with E-state index in [1.165, 1.54) is 54.6 Å². The first-order valence-electron chi connectivity index (χ1n) is 17.1. The van der Waals surface area contributed by atoms with E-state index < -0.39 is 0 Å². The molecular formula is C48H31NO. The maximum atomic E-state index is 6.78. The van der Waals surface area contributed by atoms with Crippen LogP contribution in [0.15, 0.2) is 186 Å². The van der Waals surface area contributed by atoms with Crippen molar-refractivity contribution >= 4 is 65.6 Å². The van der Waals surface area contributed by atoms with Crippen molar-refractivity contribution in [3.63, 3.8) is 0 Å². The minimum Gasteiger partial charge on any atom is -0.453 e. The van der Waals surface area contributed by atoms with E-state index in [4.69, 9.17) is 4.42 Å². The van der Waals surface area contributed by atoms with Gasteiger partial charge >= 0.3 is 0 Å². The summed E-state index contributed by atoms with van der Waals surface area (Å²) in [6.07, 6.45) is 0. The predicted octanol–water partition coefficient (Wildman–Crippen LogP) is 13.8. The molecule has 0 unspecified atom stereocenters. The molecule has 1 N–H and O–H groups in total. The monoisotopic (exact) mass is 637 g/mol. The van der Waals surface area contributed by atoms with E-state index in [2.05, 4.69) is 187 Å². The number of nitrogens with one attached hydrogen (secondary N) is 1. The standard InChI is InChI=1S/C48H31NO/c1-2-11-33(12-3-1)44-30-37-14-6-7-16-42(37)46-43-18-9-19-45(47(43)50-48(44)46)49-39-25-22-32(23-26-39)35-24-27-41-36(29-35)15-8-17-40(41)38-21-20-31-10-4-5-13-34(31)28-38/h1-30,49H. The molecule has 234 valence electrons. The Hall–Kier alpha value is -6.64. The second kappa shape index (κ2) is 11.5. The molecule has 0 aliphatic heterocycles. The lowest BCUT2D eigenvalue weighted by Gasteiger charge is -2.11. The summed E-state index contributed by atoms with van der Waals surface area (Å²) >= 11 is 0. The Labute approximate surface area is 289 Å². The van der Waals surface area contributed by atoms with Crippen molar-refractivity contribution in [2.75, 3.05) is 5.32 Å². The molecule has 2 heteroatoms. The van der Waals surface area contributed by atoms with Crippen LogP contribution in [0.2, 0.25) is 0 Å². The van der Waals surface area contributed by atoms with Gasteiger partial charge in [0.15, 0.2) is 5.58 Å². The fourth-order valence-corrected chi connectivity index (χ4v) is 7.55. The molecule has 1 heterocycles. The van der Waals surface area contributed by atoms with Gasteiger partial charge in [-0.05, 0) is 96.5 Å². The number of para-hydroxylation sites is 1. The van der Waals surface area contributed by atoms with Gasteiger partial charge in [0.1, 0.15) is 5.58 Å². The Morgan fingerprint density at radius 3 is 1.88 bits per heavy atom. The molecule has 2 nitrogen and oxygen atoms in total. The lowest BCUT2D eigenvalue weighted by atomic mass is 9.94. The van der Waals surface area contributed by atoms with Crippen molar-refractivity contribution in [2.24, 2.45) is 0 Å². The van der Waals surface area contributed by atoms with E-state index >= 15 is 0 Å². The van der Waals surface area contributed by atoms with Gasteiger partial charge in [-0.1, -0.05) is 146 Å². The summed E-state index contributed by atoms with van der Waals surface area (Å²) in [6, 6.07) is 65.1. The normalized spacial score (nSPS) is 11.6. The molecule has 0 saturated heterocycles. The Morgan fingerprint density at radius 1 is 0.340 bits per heavy atom. The van der Waals surface area contributed by atoms with Gasteiger partial charge in [0.05, 0.1) is 5.69 Å². The average molecular weight is 638 g/mol. The van der Waals surface area contributed by atoms with Crippen molar-refractivity contribution < 1.29 is 4.42 Å². The zero-order valence-corrected chi connectivity index (χ0v) is 27.2. The summed E-state index contributed by atoms with van der Waals surface area (Å²) in [6.45, 7) is 0. The minimum absolute atomic E-state index is 0.858. The van der Waals surface area contributed by atoms with Crippen LogP contribution in [-0.4, -0.2) is 0 Å². The van der Waals surface area contributed by atoms with Crippen LogP contribution in [0.1, 0.15) is 0 Å². The summed E-state index contributed by atoms with van der Waals surface area (Å²) < 4.78 is 6.78. The Bertz CT molecular complexity index is 2880. The van der Waals surface area contributed by atoms with Crippen molar-refractivity contribution in [1.82, 2.24) is 0 Å². The highest BCUT2D eigenvalue weighted by Gasteiger charge is 2.18. The third-order valence-corrected chi connectivity index (χ3v) is 10.0. The summed E-state index contributed by atoms with van der Waals surface area (Å²) in [5, 5.41) is 13.3. The largest absolute Gasteiger partial charge is 0.453 e. The molecule has 1 aromatic heterocycles. The number of benzene rings is 9. The van der Waals surface area contributed by atoms with Crippen LogP contribution >= 0.6 is 0 Å². The Morgan fingerprint density at radius 2 is 1.00 bits per heavy atom. The highest BCUT2D eigenvalue weighted by Crippen LogP contribution is 2.43. The molecule has 0 aliphatic rings. The third kappa shape index (κ3) is 4.73. The first-order chi connectivity index (χ1) is 24.8. The van der Waals surface area contributed by atoms with E-state index in [1.54, 1.807) is 0 Å². The molecule has 0 amide bonds. The molecule has 0 atom stereocenters. The fraction of sp³-hybridized carbons (Fsp3) is 0. The van der Waals surface area contributed by atoms with Crippen LogP contribution in [0.5, 0.6) is 0 Å². The molecule has 0 bridgehead atoms. The van der Waals surface area contributed by atoms with E-state index in [9.17, 15) is 0 Å². The third-order valence-electron chi connectivity index (χ3n) is 10.0. The molecule has 0 radical (unpaired) electrons. The van der Waals surface area contributed by atoms with Crippen molar-refractivity contribution in [3.8, 4) is 33.4 Å². The molecule has 50 heavy (non-hydrogen) atoms. The maximum absolute atomic E-state index is 6.78. The molecular weight excluding hydrogens is 607 g/mol. The van der Waals surface area contributed by atoms with Crippen LogP contribution < -0.4 is 5.32 Å². The number of fused-ring (bicyclic) bond motifs is 7. The fourth-order valence-electron chi connectivity index (χ4n) is 7.55. The summed E-state index contributed by atoms with van der Waals surface area (Å²) in [4.78, 5) is 0. The van der Waals surface area contributed by atoms with Crippen molar-refractivity contribution in [2.45, 2.75) is 0 Å². The second-order valence-corrected chi connectivity index (χ2v) is 13.0. The van der Waals surface area contributed by atoms with Gasteiger partial charge in [0, 0.05) is 22.0 Å². The molecule has 0 spiro atoms. The number of furan rings is 1. The van der Waals surface area contributed by atoms with Gasteiger partial charge in [-0.15, -0.1) is 0 Å². The highest BCUT2D eigenvalue weighted by atomic mass is 16.3. The van der Waals surface area contributed by atoms with Crippen LogP contribution in [0.3, 0.4) is 0 Å². The SMILES string of the molecule is c1ccc(-c2cc3ccccc3c3c2oc2c(Nc4ccc(-c5ccc6c(-c7ccc8ccccc8c7)cccc6c5)cc4)cccc23)cc1. The zero-order chi connectivity index (χ0) is 33.0. The Balaban J connectivity index is 0.997. The topological polar surface area (TPSA) is 25.2 Å². The lowest BCUT2D eigenvalue weighted by molar-refractivity contribution is 0.671. The Kier molecular flexibility index (Phi) is 6.53. The summed E-state index contributed by atoms with van der Waals surface area (Å²) in [5.41, 5.74) is 10.8. The summed E-state index contributed by atoms with van der Waals surface area (Å²) in [5.74, 6) is 0. The van der Waals surface area contributed by atoms with Gasteiger partial charge in [-0.2, -0.15) is 0 Å². The van der Waals surface area contributed by atoms with Gasteiger partial charge < -0.3 is 9.73 Å². The van der Waals surface area contributed by atoms with Crippen molar-refractivity contribution in [3.05, 3.63) is 182 Å². The number of hydrogen-bond donors (Lipinski definition) is 1. The van der Waals surface area contributed by atoms with Gasteiger partial charge in [0.25, 0.3) is 0 Å². The number of anilines is 2. The minimum atomic E-state index is 0.858. The molecule has 10 aromatic rings. The van der Waals surface area contributed by atoms with Crippen molar-refractivity contribution in [1.29, 1.82) is 0 Å². The predicted molar refractivity (Wildman–Crippen MR) is 212 cm³/mol. The molecule has 0 aliphatic carbocycles. The number of rotatable bonds is 5. The molecule has 0 fully saturated rings. The van der Waals surface area contributed by atoms with Gasteiger partial charge in [0.2, 0.25) is 0 Å². The first kappa shape index (κ1) is 28.4. The van der Waals surface area contributed by atoms with Gasteiger partial charge in [-0.25, -0.2) is 0 Å². The van der Waals surface area contributed by atoms with E-state index in [0.717, 1.165) is 44.4 Å².